The SMILES string of the molecule is NCCOCCOCCN1CCN(c2cc(N[C@@H]3CCCN(c4cccc(F)c4)C3)ncn2)CC1. The van der Waals surface area contributed by atoms with Gasteiger partial charge >= 0.3 is 0 Å². The van der Waals surface area contributed by atoms with Gasteiger partial charge in [-0.15, -0.1) is 0 Å². The maximum absolute atomic E-state index is 13.7. The first-order chi connectivity index (χ1) is 17.2. The minimum absolute atomic E-state index is 0.196. The lowest BCUT2D eigenvalue weighted by molar-refractivity contribution is 0.0405. The molecule has 0 saturated carbocycles. The van der Waals surface area contributed by atoms with E-state index in [1.54, 1.807) is 18.5 Å². The van der Waals surface area contributed by atoms with Crippen LogP contribution in [-0.4, -0.2) is 99.7 Å². The molecule has 2 aliphatic heterocycles. The number of nitrogens with one attached hydrogen (secondary N) is 1. The average Bonchev–Trinajstić information content (AvgIpc) is 2.89. The number of nitrogens with zero attached hydrogens (tertiary/aromatic N) is 5. The van der Waals surface area contributed by atoms with Gasteiger partial charge in [0.15, 0.2) is 0 Å². The van der Waals surface area contributed by atoms with Crippen molar-refractivity contribution in [1.29, 1.82) is 0 Å². The van der Waals surface area contributed by atoms with Crippen molar-refractivity contribution >= 4 is 17.3 Å². The van der Waals surface area contributed by atoms with Crippen LogP contribution in [0.15, 0.2) is 36.7 Å². The number of aromatic nitrogens is 2. The Hall–Kier alpha value is -2.53. The van der Waals surface area contributed by atoms with E-state index in [4.69, 9.17) is 15.2 Å². The Morgan fingerprint density at radius 3 is 2.60 bits per heavy atom. The van der Waals surface area contributed by atoms with Crippen molar-refractivity contribution < 1.29 is 13.9 Å². The summed E-state index contributed by atoms with van der Waals surface area (Å²) in [5.41, 5.74) is 6.33. The van der Waals surface area contributed by atoms with E-state index in [1.807, 2.05) is 12.1 Å². The number of hydrogen-bond acceptors (Lipinski definition) is 9. The molecule has 0 amide bonds. The fourth-order valence-electron chi connectivity index (χ4n) is 4.61. The Morgan fingerprint density at radius 1 is 0.971 bits per heavy atom. The summed E-state index contributed by atoms with van der Waals surface area (Å²) >= 11 is 0. The average molecular weight is 488 g/mol. The summed E-state index contributed by atoms with van der Waals surface area (Å²) in [5.74, 6) is 1.60. The first-order valence-corrected chi connectivity index (χ1v) is 12.6. The Labute approximate surface area is 207 Å². The van der Waals surface area contributed by atoms with E-state index >= 15 is 0 Å². The molecule has 2 aromatic rings. The van der Waals surface area contributed by atoms with Crippen LogP contribution in [-0.2, 0) is 9.47 Å². The number of piperidine rings is 1. The van der Waals surface area contributed by atoms with E-state index in [2.05, 4.69) is 30.0 Å². The lowest BCUT2D eigenvalue weighted by Gasteiger charge is -2.36. The maximum Gasteiger partial charge on any atom is 0.134 e. The normalized spacial score (nSPS) is 19.2. The van der Waals surface area contributed by atoms with E-state index in [-0.39, 0.29) is 11.9 Å². The van der Waals surface area contributed by atoms with Gasteiger partial charge in [-0.25, -0.2) is 14.4 Å². The smallest absolute Gasteiger partial charge is 0.134 e. The molecule has 1 aromatic heterocycles. The van der Waals surface area contributed by atoms with Crippen molar-refractivity contribution in [2.45, 2.75) is 18.9 Å². The van der Waals surface area contributed by atoms with Crippen molar-refractivity contribution in [3.63, 3.8) is 0 Å². The van der Waals surface area contributed by atoms with Gasteiger partial charge in [0.2, 0.25) is 0 Å². The lowest BCUT2D eigenvalue weighted by atomic mass is 10.0. The van der Waals surface area contributed by atoms with Crippen LogP contribution in [0.4, 0.5) is 21.7 Å². The van der Waals surface area contributed by atoms with Crippen LogP contribution in [0.1, 0.15) is 12.8 Å². The van der Waals surface area contributed by atoms with E-state index in [0.717, 1.165) is 76.0 Å². The molecule has 0 unspecified atom stereocenters. The van der Waals surface area contributed by atoms with Crippen molar-refractivity contribution in [2.75, 3.05) is 93.9 Å². The number of nitrogens with two attached hydrogens (primary N) is 1. The van der Waals surface area contributed by atoms with Gasteiger partial charge in [-0.1, -0.05) is 6.07 Å². The van der Waals surface area contributed by atoms with Gasteiger partial charge < -0.3 is 30.3 Å². The zero-order chi connectivity index (χ0) is 24.3. The van der Waals surface area contributed by atoms with Crippen LogP contribution in [0.2, 0.25) is 0 Å². The monoisotopic (exact) mass is 487 g/mol. The Morgan fingerprint density at radius 2 is 1.80 bits per heavy atom. The number of hydrogen-bond donors (Lipinski definition) is 2. The number of benzene rings is 1. The second kappa shape index (κ2) is 13.5. The van der Waals surface area contributed by atoms with Crippen molar-refractivity contribution in [3.8, 4) is 0 Å². The van der Waals surface area contributed by atoms with Gasteiger partial charge in [0.25, 0.3) is 0 Å². The van der Waals surface area contributed by atoms with Crippen LogP contribution >= 0.6 is 0 Å². The van der Waals surface area contributed by atoms with Gasteiger partial charge in [-0.3, -0.25) is 4.90 Å². The van der Waals surface area contributed by atoms with E-state index < -0.39 is 0 Å². The summed E-state index contributed by atoms with van der Waals surface area (Å²) in [6.07, 6.45) is 3.75. The summed E-state index contributed by atoms with van der Waals surface area (Å²) in [4.78, 5) is 15.9. The molecular weight excluding hydrogens is 449 g/mol. The fourth-order valence-corrected chi connectivity index (χ4v) is 4.61. The van der Waals surface area contributed by atoms with E-state index in [1.165, 1.54) is 6.07 Å². The molecule has 192 valence electrons. The first-order valence-electron chi connectivity index (χ1n) is 12.6. The third-order valence-electron chi connectivity index (χ3n) is 6.48. The zero-order valence-electron chi connectivity index (χ0n) is 20.4. The second-order valence-corrected chi connectivity index (χ2v) is 9.01. The molecule has 3 heterocycles. The molecule has 1 aromatic carbocycles. The molecule has 0 spiro atoms. The fraction of sp³-hybridized carbons (Fsp3) is 0.600. The van der Waals surface area contributed by atoms with Crippen molar-refractivity contribution in [1.82, 2.24) is 14.9 Å². The van der Waals surface area contributed by atoms with Crippen LogP contribution in [0.25, 0.3) is 0 Å². The lowest BCUT2D eigenvalue weighted by Crippen LogP contribution is -2.47. The van der Waals surface area contributed by atoms with Gasteiger partial charge in [0.1, 0.15) is 23.8 Å². The van der Waals surface area contributed by atoms with Crippen LogP contribution in [0.5, 0.6) is 0 Å². The molecule has 0 bridgehead atoms. The minimum Gasteiger partial charge on any atom is -0.378 e. The molecular formula is C25H38FN7O2. The summed E-state index contributed by atoms with van der Waals surface area (Å²) in [6, 6.07) is 9.13. The molecule has 35 heavy (non-hydrogen) atoms. The molecule has 10 heteroatoms. The number of halogens is 1. The van der Waals surface area contributed by atoms with Gasteiger partial charge in [0, 0.05) is 70.2 Å². The Balaban J connectivity index is 1.21. The highest BCUT2D eigenvalue weighted by Gasteiger charge is 2.22. The number of rotatable bonds is 12. The van der Waals surface area contributed by atoms with Gasteiger partial charge in [-0.05, 0) is 31.0 Å². The molecule has 2 aliphatic rings. The Kier molecular flexibility index (Phi) is 9.88. The molecule has 9 nitrogen and oxygen atoms in total. The van der Waals surface area contributed by atoms with Gasteiger partial charge in [0.05, 0.1) is 26.4 Å². The van der Waals surface area contributed by atoms with E-state index in [0.29, 0.717) is 33.0 Å². The summed E-state index contributed by atoms with van der Waals surface area (Å²) in [5, 5.41) is 3.58. The minimum atomic E-state index is -0.196. The maximum atomic E-state index is 13.7. The predicted octanol–water partition coefficient (Wildman–Crippen LogP) is 1.81. The quantitative estimate of drug-likeness (QED) is 0.435. The van der Waals surface area contributed by atoms with Crippen LogP contribution < -0.4 is 20.9 Å². The molecule has 2 fully saturated rings. The van der Waals surface area contributed by atoms with Crippen LogP contribution in [0, 0.1) is 5.82 Å². The molecule has 0 radical (unpaired) electrons. The highest BCUT2D eigenvalue weighted by atomic mass is 19.1. The predicted molar refractivity (Wildman–Crippen MR) is 137 cm³/mol. The second-order valence-electron chi connectivity index (χ2n) is 9.01. The topological polar surface area (TPSA) is 92.0 Å². The molecule has 2 saturated heterocycles. The van der Waals surface area contributed by atoms with Crippen LogP contribution in [0.3, 0.4) is 0 Å². The number of anilines is 3. The summed E-state index contributed by atoms with van der Waals surface area (Å²) in [6.45, 7) is 9.53. The third kappa shape index (κ3) is 7.99. The van der Waals surface area contributed by atoms with Gasteiger partial charge in [-0.2, -0.15) is 0 Å². The molecule has 1 atom stereocenters. The molecule has 4 rings (SSSR count). The summed E-state index contributed by atoms with van der Waals surface area (Å²) in [7, 11) is 0. The zero-order valence-corrected chi connectivity index (χ0v) is 20.4. The highest BCUT2D eigenvalue weighted by molar-refractivity contribution is 5.51. The summed E-state index contributed by atoms with van der Waals surface area (Å²) < 4.78 is 24.6. The number of piperazine rings is 1. The standard InChI is InChI=1S/C25H38FN7O2/c26-21-3-1-5-23(17-21)33-7-2-4-22(19-33)30-24-18-25(29-20-28-24)32-10-8-31(9-11-32)12-14-35-16-15-34-13-6-27/h1,3,5,17-18,20,22H,2,4,6-16,19,27H2,(H,28,29,30)/t22-/m1/s1. The molecule has 0 aliphatic carbocycles. The van der Waals surface area contributed by atoms with Crippen molar-refractivity contribution in [2.24, 2.45) is 5.73 Å². The Bertz CT molecular complexity index is 898. The molecule has 3 N–H and O–H groups in total. The first kappa shape index (κ1) is 25.6. The third-order valence-corrected chi connectivity index (χ3v) is 6.48. The van der Waals surface area contributed by atoms with Crippen molar-refractivity contribution in [3.05, 3.63) is 42.5 Å². The largest absolute Gasteiger partial charge is 0.378 e. The highest BCUT2D eigenvalue weighted by Crippen LogP contribution is 2.23. The number of ether oxygens (including phenoxy) is 2. The van der Waals surface area contributed by atoms with E-state index in [9.17, 15) is 4.39 Å².